The lowest BCUT2D eigenvalue weighted by Gasteiger charge is -2.18. The molecule has 2 rings (SSSR count). The third-order valence-electron chi connectivity index (χ3n) is 3.71. The molecule has 2 aromatic rings. The maximum atomic E-state index is 12.2. The fourth-order valence-electron chi connectivity index (χ4n) is 2.55. The van der Waals surface area contributed by atoms with E-state index in [0.29, 0.717) is 12.2 Å². The van der Waals surface area contributed by atoms with Gasteiger partial charge >= 0.3 is 0 Å². The van der Waals surface area contributed by atoms with Gasteiger partial charge in [0.1, 0.15) is 5.75 Å². The van der Waals surface area contributed by atoms with E-state index in [1.165, 1.54) is 0 Å². The first-order valence-corrected chi connectivity index (χ1v) is 7.74. The van der Waals surface area contributed by atoms with Gasteiger partial charge < -0.3 is 15.2 Å². The van der Waals surface area contributed by atoms with Gasteiger partial charge in [-0.05, 0) is 25.0 Å². The van der Waals surface area contributed by atoms with Crippen LogP contribution in [0.5, 0.6) is 5.75 Å². The fraction of sp³-hybridized carbons (Fsp3) is 0.316. The van der Waals surface area contributed by atoms with E-state index >= 15 is 0 Å². The van der Waals surface area contributed by atoms with Crippen molar-refractivity contribution in [2.45, 2.75) is 31.9 Å². The summed E-state index contributed by atoms with van der Waals surface area (Å²) in [6.45, 7) is 1.90. The Morgan fingerprint density at radius 1 is 1.13 bits per heavy atom. The van der Waals surface area contributed by atoms with Crippen molar-refractivity contribution >= 4 is 5.91 Å². The molecular formula is C19H23NO3. The SMILES string of the molecule is COc1ccccc1CC(=O)N[C@H](C)C[C@H](O)c1ccccc1. The average molecular weight is 313 g/mol. The topological polar surface area (TPSA) is 58.6 Å². The number of benzene rings is 2. The molecule has 1 amide bonds. The third-order valence-corrected chi connectivity index (χ3v) is 3.71. The Labute approximate surface area is 137 Å². The Morgan fingerprint density at radius 2 is 1.78 bits per heavy atom. The molecule has 0 spiro atoms. The van der Waals surface area contributed by atoms with Crippen molar-refractivity contribution in [3.8, 4) is 5.75 Å². The van der Waals surface area contributed by atoms with Crippen molar-refractivity contribution in [2.75, 3.05) is 7.11 Å². The molecule has 0 aliphatic heterocycles. The van der Waals surface area contributed by atoms with Crippen molar-refractivity contribution < 1.29 is 14.6 Å². The van der Waals surface area contributed by atoms with E-state index in [9.17, 15) is 9.90 Å². The van der Waals surface area contributed by atoms with E-state index < -0.39 is 6.10 Å². The summed E-state index contributed by atoms with van der Waals surface area (Å²) in [5.74, 6) is 0.627. The van der Waals surface area contributed by atoms with Gasteiger partial charge in [-0.1, -0.05) is 48.5 Å². The molecule has 0 heterocycles. The van der Waals surface area contributed by atoms with E-state index in [2.05, 4.69) is 5.32 Å². The first kappa shape index (κ1) is 17.0. The minimum absolute atomic E-state index is 0.0812. The van der Waals surface area contributed by atoms with Crippen LogP contribution < -0.4 is 10.1 Å². The molecule has 0 aliphatic carbocycles. The van der Waals surface area contributed by atoms with Crippen LogP contribution in [-0.4, -0.2) is 24.2 Å². The molecule has 2 atom stereocenters. The van der Waals surface area contributed by atoms with Gasteiger partial charge in [0.15, 0.2) is 0 Å². The van der Waals surface area contributed by atoms with Crippen molar-refractivity contribution in [1.82, 2.24) is 5.32 Å². The second kappa shape index (κ2) is 8.34. The largest absolute Gasteiger partial charge is 0.496 e. The van der Waals surface area contributed by atoms with Crippen LogP contribution in [0.15, 0.2) is 54.6 Å². The predicted octanol–water partition coefficient (Wildman–Crippen LogP) is 2.87. The van der Waals surface area contributed by atoms with Crippen LogP contribution in [0, 0.1) is 0 Å². The molecule has 2 N–H and O–H groups in total. The molecule has 23 heavy (non-hydrogen) atoms. The van der Waals surface area contributed by atoms with Gasteiger partial charge in [0.25, 0.3) is 0 Å². The van der Waals surface area contributed by atoms with Gasteiger partial charge in [0.2, 0.25) is 5.91 Å². The first-order valence-electron chi connectivity index (χ1n) is 7.74. The summed E-state index contributed by atoms with van der Waals surface area (Å²) in [7, 11) is 1.59. The molecule has 0 aromatic heterocycles. The van der Waals surface area contributed by atoms with Crippen molar-refractivity contribution in [2.24, 2.45) is 0 Å². The van der Waals surface area contributed by atoms with Crippen LogP contribution in [0.25, 0.3) is 0 Å². The number of amides is 1. The fourth-order valence-corrected chi connectivity index (χ4v) is 2.55. The summed E-state index contributed by atoms with van der Waals surface area (Å²) in [4.78, 5) is 12.2. The highest BCUT2D eigenvalue weighted by Gasteiger charge is 2.15. The van der Waals surface area contributed by atoms with Crippen LogP contribution in [0.1, 0.15) is 30.6 Å². The lowest BCUT2D eigenvalue weighted by Crippen LogP contribution is -2.34. The standard InChI is InChI=1S/C19H23NO3/c1-14(12-17(21)15-8-4-3-5-9-15)20-19(22)13-16-10-6-7-11-18(16)23-2/h3-11,14,17,21H,12-13H2,1-2H3,(H,20,22)/t14-,17+/m1/s1. The number of carbonyl (C=O) groups excluding carboxylic acids is 1. The van der Waals surface area contributed by atoms with Crippen LogP contribution in [0.3, 0.4) is 0 Å². The minimum Gasteiger partial charge on any atom is -0.496 e. The number of ether oxygens (including phenoxy) is 1. The summed E-state index contributed by atoms with van der Waals surface area (Å²) in [5.41, 5.74) is 1.71. The highest BCUT2D eigenvalue weighted by atomic mass is 16.5. The summed E-state index contributed by atoms with van der Waals surface area (Å²) >= 11 is 0. The zero-order chi connectivity index (χ0) is 16.7. The summed E-state index contributed by atoms with van der Waals surface area (Å²) < 4.78 is 5.25. The van der Waals surface area contributed by atoms with E-state index in [4.69, 9.17) is 4.74 Å². The Morgan fingerprint density at radius 3 is 2.48 bits per heavy atom. The van der Waals surface area contributed by atoms with E-state index in [1.807, 2.05) is 61.5 Å². The van der Waals surface area contributed by atoms with Gasteiger partial charge in [-0.25, -0.2) is 0 Å². The maximum Gasteiger partial charge on any atom is 0.224 e. The summed E-state index contributed by atoms with van der Waals surface area (Å²) in [6.07, 6.45) is 0.148. The molecule has 0 unspecified atom stereocenters. The lowest BCUT2D eigenvalue weighted by atomic mass is 10.0. The molecule has 0 bridgehead atoms. The highest BCUT2D eigenvalue weighted by molar-refractivity contribution is 5.79. The van der Waals surface area contributed by atoms with Gasteiger partial charge in [-0.3, -0.25) is 4.79 Å². The zero-order valence-electron chi connectivity index (χ0n) is 13.5. The van der Waals surface area contributed by atoms with E-state index in [1.54, 1.807) is 7.11 Å². The molecular weight excluding hydrogens is 290 g/mol. The first-order chi connectivity index (χ1) is 11.1. The van der Waals surface area contributed by atoms with Gasteiger partial charge in [0.05, 0.1) is 19.6 Å². The molecule has 0 aliphatic rings. The molecule has 0 saturated carbocycles. The zero-order valence-corrected chi connectivity index (χ0v) is 13.5. The lowest BCUT2D eigenvalue weighted by molar-refractivity contribution is -0.121. The van der Waals surface area contributed by atoms with Crippen molar-refractivity contribution in [1.29, 1.82) is 0 Å². The predicted molar refractivity (Wildman–Crippen MR) is 90.3 cm³/mol. The second-order valence-electron chi connectivity index (χ2n) is 5.62. The number of hydrogen-bond acceptors (Lipinski definition) is 3. The van der Waals surface area contributed by atoms with Gasteiger partial charge in [-0.15, -0.1) is 0 Å². The van der Waals surface area contributed by atoms with Crippen LogP contribution in [0.2, 0.25) is 0 Å². The van der Waals surface area contributed by atoms with Crippen LogP contribution in [-0.2, 0) is 11.2 Å². The number of carbonyl (C=O) groups is 1. The molecule has 0 saturated heterocycles. The number of nitrogens with one attached hydrogen (secondary N) is 1. The number of rotatable bonds is 7. The quantitative estimate of drug-likeness (QED) is 0.826. The Hall–Kier alpha value is -2.33. The molecule has 4 nitrogen and oxygen atoms in total. The third kappa shape index (κ3) is 5.11. The van der Waals surface area contributed by atoms with E-state index in [0.717, 1.165) is 11.1 Å². The molecule has 2 aromatic carbocycles. The maximum absolute atomic E-state index is 12.2. The minimum atomic E-state index is -0.585. The second-order valence-corrected chi connectivity index (χ2v) is 5.62. The number of hydrogen-bond donors (Lipinski definition) is 2. The van der Waals surface area contributed by atoms with Crippen molar-refractivity contribution in [3.63, 3.8) is 0 Å². The Bertz CT molecular complexity index is 628. The highest BCUT2D eigenvalue weighted by Crippen LogP contribution is 2.19. The number of aliphatic hydroxyl groups is 1. The van der Waals surface area contributed by atoms with Crippen LogP contribution >= 0.6 is 0 Å². The smallest absolute Gasteiger partial charge is 0.224 e. The number of methoxy groups -OCH3 is 1. The molecule has 122 valence electrons. The van der Waals surface area contributed by atoms with Gasteiger partial charge in [-0.2, -0.15) is 0 Å². The Kier molecular flexibility index (Phi) is 6.18. The molecule has 0 fully saturated rings. The van der Waals surface area contributed by atoms with Crippen molar-refractivity contribution in [3.05, 3.63) is 65.7 Å². The van der Waals surface area contributed by atoms with Gasteiger partial charge in [0, 0.05) is 11.6 Å². The monoisotopic (exact) mass is 313 g/mol. The molecule has 4 heteroatoms. The number of aliphatic hydroxyl groups excluding tert-OH is 1. The van der Waals surface area contributed by atoms with E-state index in [-0.39, 0.29) is 18.4 Å². The molecule has 0 radical (unpaired) electrons. The normalized spacial score (nSPS) is 13.2. The summed E-state index contributed by atoms with van der Waals surface area (Å²) in [5, 5.41) is 13.1. The number of para-hydroxylation sites is 1. The average Bonchev–Trinajstić information content (AvgIpc) is 2.55. The summed E-state index contributed by atoms with van der Waals surface area (Å²) in [6, 6.07) is 16.8. The van der Waals surface area contributed by atoms with Crippen LogP contribution in [0.4, 0.5) is 0 Å². The Balaban J connectivity index is 1.87.